The zero-order valence-electron chi connectivity index (χ0n) is 15.0. The van der Waals surface area contributed by atoms with E-state index < -0.39 is 5.97 Å². The number of rotatable bonds is 5. The largest absolute Gasteiger partial charge is 0.455 e. The van der Waals surface area contributed by atoms with Crippen LogP contribution < -0.4 is 5.32 Å². The third kappa shape index (κ3) is 3.87. The number of H-pyrrole nitrogens is 1. The van der Waals surface area contributed by atoms with Crippen LogP contribution >= 0.6 is 0 Å². The molecule has 0 saturated heterocycles. The highest BCUT2D eigenvalue weighted by Crippen LogP contribution is 2.29. The quantitative estimate of drug-likeness (QED) is 0.683. The summed E-state index contributed by atoms with van der Waals surface area (Å²) in [6.07, 6.45) is 4.95. The van der Waals surface area contributed by atoms with E-state index in [0.717, 1.165) is 35.7 Å². The van der Waals surface area contributed by atoms with Gasteiger partial charge in [0, 0.05) is 17.1 Å². The van der Waals surface area contributed by atoms with E-state index in [9.17, 15) is 9.59 Å². The van der Waals surface area contributed by atoms with E-state index in [1.165, 1.54) is 11.1 Å². The van der Waals surface area contributed by atoms with Crippen LogP contribution in [0, 0.1) is 0 Å². The highest BCUT2D eigenvalue weighted by atomic mass is 16.5. The van der Waals surface area contributed by atoms with E-state index in [0.29, 0.717) is 0 Å². The molecule has 1 aliphatic rings. The van der Waals surface area contributed by atoms with Crippen LogP contribution in [0.3, 0.4) is 0 Å². The van der Waals surface area contributed by atoms with Crippen molar-refractivity contribution in [1.29, 1.82) is 0 Å². The molecule has 1 amide bonds. The van der Waals surface area contributed by atoms with Crippen molar-refractivity contribution in [2.45, 2.75) is 31.7 Å². The van der Waals surface area contributed by atoms with Crippen LogP contribution in [-0.2, 0) is 27.2 Å². The summed E-state index contributed by atoms with van der Waals surface area (Å²) in [4.78, 5) is 27.5. The van der Waals surface area contributed by atoms with Gasteiger partial charge in [0.1, 0.15) is 0 Å². The second-order valence-corrected chi connectivity index (χ2v) is 6.91. The molecule has 27 heavy (non-hydrogen) atoms. The predicted octanol–water partition coefficient (Wildman–Crippen LogP) is 3.45. The lowest BCUT2D eigenvalue weighted by Crippen LogP contribution is -2.34. The van der Waals surface area contributed by atoms with Crippen molar-refractivity contribution in [2.24, 2.45) is 0 Å². The third-order valence-corrected chi connectivity index (χ3v) is 5.08. The van der Waals surface area contributed by atoms with Crippen molar-refractivity contribution in [3.05, 3.63) is 71.4 Å². The van der Waals surface area contributed by atoms with Crippen LogP contribution in [0.1, 0.15) is 35.6 Å². The molecule has 5 nitrogen and oxygen atoms in total. The molecular weight excluding hydrogens is 340 g/mol. The summed E-state index contributed by atoms with van der Waals surface area (Å²) in [6.45, 7) is -0.250. The van der Waals surface area contributed by atoms with Gasteiger partial charge >= 0.3 is 5.97 Å². The van der Waals surface area contributed by atoms with Gasteiger partial charge in [0.05, 0.1) is 12.5 Å². The SMILES string of the molecule is O=C(COC(=O)Cc1c[nH]c2ccccc12)NC1CCCc2ccccc21. The number of aromatic amines is 1. The van der Waals surface area contributed by atoms with Crippen LogP contribution in [0.5, 0.6) is 0 Å². The first-order chi connectivity index (χ1) is 13.2. The van der Waals surface area contributed by atoms with Crippen LogP contribution in [-0.4, -0.2) is 23.5 Å². The van der Waals surface area contributed by atoms with E-state index in [1.807, 2.05) is 42.6 Å². The first kappa shape index (κ1) is 17.3. The molecule has 0 bridgehead atoms. The Hall–Kier alpha value is -3.08. The molecule has 0 fully saturated rings. The zero-order chi connectivity index (χ0) is 18.6. The number of amides is 1. The lowest BCUT2D eigenvalue weighted by Gasteiger charge is -2.26. The van der Waals surface area contributed by atoms with Crippen molar-refractivity contribution in [1.82, 2.24) is 10.3 Å². The van der Waals surface area contributed by atoms with E-state index >= 15 is 0 Å². The monoisotopic (exact) mass is 362 g/mol. The number of fused-ring (bicyclic) bond motifs is 2. The molecular formula is C22H22N2O3. The number of nitrogens with one attached hydrogen (secondary N) is 2. The van der Waals surface area contributed by atoms with Crippen molar-refractivity contribution in [3.8, 4) is 0 Å². The van der Waals surface area contributed by atoms with E-state index in [1.54, 1.807) is 0 Å². The number of carbonyl (C=O) groups is 2. The molecule has 0 radical (unpaired) electrons. The zero-order valence-corrected chi connectivity index (χ0v) is 15.0. The molecule has 1 aromatic heterocycles. The second-order valence-electron chi connectivity index (χ2n) is 6.91. The molecule has 2 aromatic carbocycles. The van der Waals surface area contributed by atoms with E-state index in [2.05, 4.69) is 22.4 Å². The number of aryl methyl sites for hydroxylation is 1. The average Bonchev–Trinajstić information content (AvgIpc) is 3.10. The normalized spacial score (nSPS) is 15.9. The Labute approximate surface area is 157 Å². The molecule has 1 unspecified atom stereocenters. The fraction of sp³-hybridized carbons (Fsp3) is 0.273. The number of hydrogen-bond acceptors (Lipinski definition) is 3. The Morgan fingerprint density at radius 3 is 2.85 bits per heavy atom. The Kier molecular flexibility index (Phi) is 4.92. The molecule has 1 heterocycles. The van der Waals surface area contributed by atoms with Crippen LogP contribution in [0.2, 0.25) is 0 Å². The minimum absolute atomic E-state index is 0.00484. The molecule has 2 N–H and O–H groups in total. The Morgan fingerprint density at radius 1 is 1.11 bits per heavy atom. The molecule has 138 valence electrons. The molecule has 0 saturated carbocycles. The Balaban J connectivity index is 1.31. The van der Waals surface area contributed by atoms with Crippen LogP contribution in [0.15, 0.2) is 54.7 Å². The summed E-state index contributed by atoms with van der Waals surface area (Å²) in [5.74, 6) is -0.664. The number of ether oxygens (including phenoxy) is 1. The van der Waals surface area contributed by atoms with Crippen molar-refractivity contribution in [3.63, 3.8) is 0 Å². The minimum atomic E-state index is -0.404. The number of aromatic nitrogens is 1. The van der Waals surface area contributed by atoms with Gasteiger partial charge in [0.15, 0.2) is 6.61 Å². The lowest BCUT2D eigenvalue weighted by molar-refractivity contribution is -0.148. The van der Waals surface area contributed by atoms with E-state index in [-0.39, 0.29) is 25.0 Å². The van der Waals surface area contributed by atoms with Gasteiger partial charge in [0.2, 0.25) is 0 Å². The summed E-state index contributed by atoms with van der Waals surface area (Å²) in [5.41, 5.74) is 4.30. The Bertz CT molecular complexity index is 976. The van der Waals surface area contributed by atoms with Crippen molar-refractivity contribution >= 4 is 22.8 Å². The topological polar surface area (TPSA) is 71.2 Å². The summed E-state index contributed by atoms with van der Waals surface area (Å²) < 4.78 is 5.19. The fourth-order valence-electron chi connectivity index (χ4n) is 3.77. The van der Waals surface area contributed by atoms with Gasteiger partial charge in [-0.3, -0.25) is 9.59 Å². The number of carbonyl (C=O) groups excluding carboxylic acids is 2. The summed E-state index contributed by atoms with van der Waals surface area (Å²) >= 11 is 0. The van der Waals surface area contributed by atoms with Gasteiger partial charge in [0.25, 0.3) is 5.91 Å². The van der Waals surface area contributed by atoms with Gasteiger partial charge in [-0.15, -0.1) is 0 Å². The average molecular weight is 362 g/mol. The lowest BCUT2D eigenvalue weighted by atomic mass is 9.88. The maximum atomic E-state index is 12.2. The van der Waals surface area contributed by atoms with Crippen LogP contribution in [0.4, 0.5) is 0 Å². The minimum Gasteiger partial charge on any atom is -0.455 e. The first-order valence-corrected chi connectivity index (χ1v) is 9.28. The van der Waals surface area contributed by atoms with Crippen molar-refractivity contribution in [2.75, 3.05) is 6.61 Å². The second kappa shape index (κ2) is 7.66. The summed E-state index contributed by atoms with van der Waals surface area (Å²) in [7, 11) is 0. The van der Waals surface area contributed by atoms with Gasteiger partial charge in [-0.1, -0.05) is 42.5 Å². The Morgan fingerprint density at radius 2 is 1.93 bits per heavy atom. The molecule has 4 rings (SSSR count). The molecule has 1 atom stereocenters. The number of para-hydroxylation sites is 1. The smallest absolute Gasteiger partial charge is 0.310 e. The number of hydrogen-bond donors (Lipinski definition) is 2. The van der Waals surface area contributed by atoms with Gasteiger partial charge in [-0.2, -0.15) is 0 Å². The van der Waals surface area contributed by atoms with Gasteiger partial charge in [-0.25, -0.2) is 0 Å². The predicted molar refractivity (Wildman–Crippen MR) is 103 cm³/mol. The molecule has 3 aromatic rings. The van der Waals surface area contributed by atoms with Crippen molar-refractivity contribution < 1.29 is 14.3 Å². The number of benzene rings is 2. The molecule has 0 aliphatic heterocycles. The summed E-state index contributed by atoms with van der Waals surface area (Å²) in [6, 6.07) is 16.0. The first-order valence-electron chi connectivity index (χ1n) is 9.28. The van der Waals surface area contributed by atoms with E-state index in [4.69, 9.17) is 4.74 Å². The third-order valence-electron chi connectivity index (χ3n) is 5.08. The highest BCUT2D eigenvalue weighted by molar-refractivity contribution is 5.88. The number of esters is 1. The molecule has 1 aliphatic carbocycles. The maximum absolute atomic E-state index is 12.2. The molecule has 5 heteroatoms. The summed E-state index contributed by atoms with van der Waals surface area (Å²) in [5, 5.41) is 3.99. The van der Waals surface area contributed by atoms with Crippen LogP contribution in [0.25, 0.3) is 10.9 Å². The van der Waals surface area contributed by atoms with Gasteiger partial charge in [-0.05, 0) is 42.0 Å². The van der Waals surface area contributed by atoms with Gasteiger partial charge < -0.3 is 15.0 Å². The standard InChI is InChI=1S/C22H22N2O3/c25-21(24-20-11-5-7-15-6-1-2-8-17(15)20)14-27-22(26)12-16-13-23-19-10-4-3-9-18(16)19/h1-4,6,8-10,13,20,23H,5,7,11-12,14H2,(H,24,25). The molecule has 0 spiro atoms. The fourth-order valence-corrected chi connectivity index (χ4v) is 3.77. The maximum Gasteiger partial charge on any atom is 0.310 e. The highest BCUT2D eigenvalue weighted by Gasteiger charge is 2.21.